The van der Waals surface area contributed by atoms with Crippen LogP contribution in [0.1, 0.15) is 34.6 Å². The van der Waals surface area contributed by atoms with Gasteiger partial charge in [-0.2, -0.15) is 0 Å². The van der Waals surface area contributed by atoms with Gasteiger partial charge in [0.05, 0.1) is 24.3 Å². The van der Waals surface area contributed by atoms with Gasteiger partial charge in [-0.15, -0.1) is 25.3 Å². The van der Waals surface area contributed by atoms with Gasteiger partial charge in [0, 0.05) is 9.79 Å². The average molecular weight is 286 g/mol. The molecule has 0 heterocycles. The zero-order chi connectivity index (χ0) is 13.7. The van der Waals surface area contributed by atoms with E-state index in [1.807, 2.05) is 0 Å². The lowest BCUT2D eigenvalue weighted by molar-refractivity contribution is 0.0505. The first-order valence-electron chi connectivity index (χ1n) is 5.41. The van der Waals surface area contributed by atoms with Crippen LogP contribution < -0.4 is 0 Å². The van der Waals surface area contributed by atoms with E-state index >= 15 is 0 Å². The lowest BCUT2D eigenvalue weighted by atomic mass is 10.1. The normalized spacial score (nSPS) is 10.0. The molecule has 18 heavy (non-hydrogen) atoms. The second-order valence-electron chi connectivity index (χ2n) is 3.33. The minimum absolute atomic E-state index is 0.271. The highest BCUT2D eigenvalue weighted by Crippen LogP contribution is 2.24. The summed E-state index contributed by atoms with van der Waals surface area (Å²) >= 11 is 8.33. The van der Waals surface area contributed by atoms with Crippen LogP contribution in [0.4, 0.5) is 0 Å². The molecule has 0 aromatic heterocycles. The first-order chi connectivity index (χ1) is 8.51. The van der Waals surface area contributed by atoms with Crippen molar-refractivity contribution >= 4 is 37.2 Å². The van der Waals surface area contributed by atoms with Crippen LogP contribution in [0.15, 0.2) is 21.9 Å². The molecule has 0 bridgehead atoms. The fourth-order valence-corrected chi connectivity index (χ4v) is 1.89. The second-order valence-corrected chi connectivity index (χ2v) is 4.29. The van der Waals surface area contributed by atoms with E-state index in [0.29, 0.717) is 9.79 Å². The van der Waals surface area contributed by atoms with Crippen molar-refractivity contribution in [3.63, 3.8) is 0 Å². The maximum absolute atomic E-state index is 11.6. The highest BCUT2D eigenvalue weighted by molar-refractivity contribution is 7.80. The number of hydrogen-bond acceptors (Lipinski definition) is 6. The number of ether oxygens (including phenoxy) is 2. The Morgan fingerprint density at radius 1 is 0.944 bits per heavy atom. The molecule has 1 aromatic rings. The van der Waals surface area contributed by atoms with Crippen LogP contribution in [0, 0.1) is 0 Å². The number of carbonyl (C=O) groups excluding carboxylic acids is 2. The Morgan fingerprint density at radius 2 is 1.28 bits per heavy atom. The van der Waals surface area contributed by atoms with Crippen LogP contribution in [0.3, 0.4) is 0 Å². The Balaban J connectivity index is 3.11. The third-order valence-corrected chi connectivity index (χ3v) is 2.84. The van der Waals surface area contributed by atoms with Gasteiger partial charge in [0.2, 0.25) is 0 Å². The lowest BCUT2D eigenvalue weighted by Gasteiger charge is -2.09. The Morgan fingerprint density at radius 3 is 1.56 bits per heavy atom. The van der Waals surface area contributed by atoms with Gasteiger partial charge in [-0.25, -0.2) is 9.59 Å². The molecule has 0 radical (unpaired) electrons. The number of benzene rings is 1. The second kappa shape index (κ2) is 6.70. The number of hydrogen-bond donors (Lipinski definition) is 2. The molecule has 0 fully saturated rings. The van der Waals surface area contributed by atoms with Gasteiger partial charge in [0.25, 0.3) is 0 Å². The highest BCUT2D eigenvalue weighted by Gasteiger charge is 2.17. The molecule has 0 amide bonds. The van der Waals surface area contributed by atoms with Crippen molar-refractivity contribution in [3.8, 4) is 0 Å². The quantitative estimate of drug-likeness (QED) is 0.660. The van der Waals surface area contributed by atoms with E-state index in [9.17, 15) is 9.59 Å². The van der Waals surface area contributed by atoms with Gasteiger partial charge in [-0.3, -0.25) is 0 Å². The van der Waals surface area contributed by atoms with Crippen molar-refractivity contribution in [2.24, 2.45) is 0 Å². The van der Waals surface area contributed by atoms with E-state index in [0.717, 1.165) is 0 Å². The molecular formula is C12H14O4S2. The standard InChI is InChI=1S/C12H14O4S2/c1-3-15-11(13)7-5-10(18)8(6-9(7)17)12(14)16-4-2/h5-6,17-18H,3-4H2,1-2H3. The maximum Gasteiger partial charge on any atom is 0.339 e. The van der Waals surface area contributed by atoms with Crippen molar-refractivity contribution in [2.45, 2.75) is 23.6 Å². The largest absolute Gasteiger partial charge is 0.462 e. The molecule has 1 aromatic carbocycles. The van der Waals surface area contributed by atoms with E-state index in [-0.39, 0.29) is 24.3 Å². The zero-order valence-corrected chi connectivity index (χ0v) is 11.9. The zero-order valence-electron chi connectivity index (χ0n) is 10.1. The van der Waals surface area contributed by atoms with Gasteiger partial charge in [0.15, 0.2) is 0 Å². The fourth-order valence-electron chi connectivity index (χ4n) is 1.32. The predicted octanol–water partition coefficient (Wildman–Crippen LogP) is 2.62. The molecule has 0 saturated heterocycles. The van der Waals surface area contributed by atoms with E-state index in [4.69, 9.17) is 9.47 Å². The van der Waals surface area contributed by atoms with Gasteiger partial charge >= 0.3 is 11.9 Å². The minimum Gasteiger partial charge on any atom is -0.462 e. The summed E-state index contributed by atoms with van der Waals surface area (Å²) in [5, 5.41) is 0. The molecule has 0 spiro atoms. The monoisotopic (exact) mass is 286 g/mol. The summed E-state index contributed by atoms with van der Waals surface area (Å²) < 4.78 is 9.75. The summed E-state index contributed by atoms with van der Waals surface area (Å²) in [6, 6.07) is 2.91. The molecule has 0 aliphatic heterocycles. The van der Waals surface area contributed by atoms with E-state index in [1.54, 1.807) is 13.8 Å². The molecule has 98 valence electrons. The fraction of sp³-hybridized carbons (Fsp3) is 0.333. The van der Waals surface area contributed by atoms with Crippen molar-refractivity contribution in [3.05, 3.63) is 23.3 Å². The Bertz CT molecular complexity index is 428. The average Bonchev–Trinajstić information content (AvgIpc) is 2.32. The molecular weight excluding hydrogens is 272 g/mol. The Labute approximate surface area is 116 Å². The highest BCUT2D eigenvalue weighted by atomic mass is 32.1. The van der Waals surface area contributed by atoms with Crippen LogP contribution in [0.5, 0.6) is 0 Å². The van der Waals surface area contributed by atoms with Gasteiger partial charge in [-0.1, -0.05) is 0 Å². The van der Waals surface area contributed by atoms with Crippen LogP contribution >= 0.6 is 25.3 Å². The van der Waals surface area contributed by atoms with Gasteiger partial charge in [0.1, 0.15) is 0 Å². The molecule has 4 nitrogen and oxygen atoms in total. The van der Waals surface area contributed by atoms with Crippen molar-refractivity contribution < 1.29 is 19.1 Å². The summed E-state index contributed by atoms with van der Waals surface area (Å²) in [7, 11) is 0. The minimum atomic E-state index is -0.492. The van der Waals surface area contributed by atoms with Gasteiger partial charge in [-0.05, 0) is 26.0 Å². The summed E-state index contributed by atoms with van der Waals surface area (Å²) in [4.78, 5) is 23.9. The molecule has 6 heteroatoms. The number of thiol groups is 2. The molecule has 0 saturated carbocycles. The smallest absolute Gasteiger partial charge is 0.339 e. The number of carbonyl (C=O) groups is 2. The summed E-state index contributed by atoms with van der Waals surface area (Å²) in [5.41, 5.74) is 0.552. The van der Waals surface area contributed by atoms with E-state index in [2.05, 4.69) is 25.3 Å². The SMILES string of the molecule is CCOC(=O)c1cc(S)c(C(=O)OCC)cc1S. The Kier molecular flexibility index (Phi) is 5.55. The first-order valence-corrected chi connectivity index (χ1v) is 6.30. The lowest BCUT2D eigenvalue weighted by Crippen LogP contribution is -2.10. The molecule has 0 N–H and O–H groups in total. The van der Waals surface area contributed by atoms with Crippen LogP contribution in [-0.2, 0) is 9.47 Å². The van der Waals surface area contributed by atoms with Gasteiger partial charge < -0.3 is 9.47 Å². The summed E-state index contributed by atoms with van der Waals surface area (Å²) in [6.07, 6.45) is 0. The molecule has 0 atom stereocenters. The van der Waals surface area contributed by atoms with Crippen molar-refractivity contribution in [1.82, 2.24) is 0 Å². The van der Waals surface area contributed by atoms with Crippen molar-refractivity contribution in [1.29, 1.82) is 0 Å². The summed E-state index contributed by atoms with van der Waals surface area (Å²) in [5.74, 6) is -0.985. The molecule has 0 aliphatic rings. The first kappa shape index (κ1) is 14.9. The number of esters is 2. The van der Waals surface area contributed by atoms with Crippen LogP contribution in [0.2, 0.25) is 0 Å². The third-order valence-electron chi connectivity index (χ3n) is 2.10. The van der Waals surface area contributed by atoms with Crippen LogP contribution in [0.25, 0.3) is 0 Å². The molecule has 1 rings (SSSR count). The third kappa shape index (κ3) is 3.43. The molecule has 0 aliphatic carbocycles. The molecule has 0 unspecified atom stereocenters. The predicted molar refractivity (Wildman–Crippen MR) is 72.9 cm³/mol. The Hall–Kier alpha value is -1.14. The van der Waals surface area contributed by atoms with Crippen LogP contribution in [-0.4, -0.2) is 25.2 Å². The summed E-state index contributed by atoms with van der Waals surface area (Å²) in [6.45, 7) is 3.97. The number of rotatable bonds is 4. The maximum atomic E-state index is 11.6. The topological polar surface area (TPSA) is 52.6 Å². The van der Waals surface area contributed by atoms with E-state index in [1.165, 1.54) is 12.1 Å². The van der Waals surface area contributed by atoms with E-state index < -0.39 is 11.9 Å². The van der Waals surface area contributed by atoms with Crippen molar-refractivity contribution in [2.75, 3.05) is 13.2 Å².